The molecule has 0 aliphatic heterocycles. The zero-order valence-corrected chi connectivity index (χ0v) is 9.45. The van der Waals surface area contributed by atoms with E-state index in [-0.39, 0.29) is 0 Å². The highest BCUT2D eigenvalue weighted by Gasteiger charge is 2.20. The van der Waals surface area contributed by atoms with Gasteiger partial charge in [-0.2, -0.15) is 0 Å². The third-order valence-corrected chi connectivity index (χ3v) is 2.60. The summed E-state index contributed by atoms with van der Waals surface area (Å²) in [6.07, 6.45) is 0. The molecule has 0 aliphatic rings. The van der Waals surface area contributed by atoms with Crippen LogP contribution in [0.5, 0.6) is 5.75 Å². The Labute approximate surface area is 97.4 Å². The maximum Gasteiger partial charge on any atom is 0.344 e. The van der Waals surface area contributed by atoms with Gasteiger partial charge in [-0.15, -0.1) is 0 Å². The summed E-state index contributed by atoms with van der Waals surface area (Å²) in [5.74, 6) is -2.05. The number of ether oxygens (including phenoxy) is 1. The minimum Gasteiger partial charge on any atom is -0.507 e. The molecule has 2 rings (SSSR count). The fourth-order valence-electron chi connectivity index (χ4n) is 1.75. The minimum atomic E-state index is -0.886. The number of carbonyl (C=O) groups is 1. The quantitative estimate of drug-likeness (QED) is 0.772. The van der Waals surface area contributed by atoms with Crippen LogP contribution >= 0.6 is 0 Å². The van der Waals surface area contributed by atoms with E-state index in [9.17, 15) is 14.3 Å². The molecule has 0 unspecified atom stereocenters. The van der Waals surface area contributed by atoms with Crippen LogP contribution in [0.25, 0.3) is 10.8 Å². The van der Waals surface area contributed by atoms with Gasteiger partial charge in [0.15, 0.2) is 0 Å². The Morgan fingerprint density at radius 2 is 2.06 bits per heavy atom. The van der Waals surface area contributed by atoms with E-state index in [4.69, 9.17) is 0 Å². The molecule has 0 atom stereocenters. The third-order valence-electron chi connectivity index (χ3n) is 2.60. The zero-order chi connectivity index (χ0) is 12.6. The van der Waals surface area contributed by atoms with Gasteiger partial charge in [0.2, 0.25) is 0 Å². The Bertz CT molecular complexity index is 605. The number of phenolic OH excluding ortho intramolecular Hbond substituents is 1. The SMILES string of the molecule is COC(=O)c1c(O)cc2ccc(C)cc2c1F. The van der Waals surface area contributed by atoms with Crippen LogP contribution in [0.15, 0.2) is 24.3 Å². The summed E-state index contributed by atoms with van der Waals surface area (Å²) in [4.78, 5) is 11.4. The zero-order valence-electron chi connectivity index (χ0n) is 9.45. The summed E-state index contributed by atoms with van der Waals surface area (Å²) < 4.78 is 18.5. The summed E-state index contributed by atoms with van der Waals surface area (Å²) in [6, 6.07) is 6.47. The standard InChI is InChI=1S/C13H11FO3/c1-7-3-4-8-6-10(15)11(13(16)17-2)12(14)9(8)5-7/h3-6,15H,1-2H3. The highest BCUT2D eigenvalue weighted by Crippen LogP contribution is 2.30. The van der Waals surface area contributed by atoms with Crippen molar-refractivity contribution in [2.45, 2.75) is 6.92 Å². The number of fused-ring (bicyclic) bond motifs is 1. The highest BCUT2D eigenvalue weighted by molar-refractivity contribution is 5.99. The molecule has 0 spiro atoms. The first-order valence-corrected chi connectivity index (χ1v) is 5.04. The molecule has 88 valence electrons. The fraction of sp³-hybridized carbons (Fsp3) is 0.154. The predicted molar refractivity (Wildman–Crippen MR) is 61.6 cm³/mol. The molecule has 0 aromatic heterocycles. The Morgan fingerprint density at radius 3 is 2.71 bits per heavy atom. The highest BCUT2D eigenvalue weighted by atomic mass is 19.1. The van der Waals surface area contributed by atoms with E-state index in [1.54, 1.807) is 18.2 Å². The van der Waals surface area contributed by atoms with E-state index < -0.39 is 23.1 Å². The lowest BCUT2D eigenvalue weighted by atomic mass is 10.0. The molecule has 17 heavy (non-hydrogen) atoms. The number of halogens is 1. The average Bonchev–Trinajstić information content (AvgIpc) is 2.30. The first-order valence-electron chi connectivity index (χ1n) is 5.04. The predicted octanol–water partition coefficient (Wildman–Crippen LogP) is 2.78. The maximum atomic E-state index is 14.1. The second-order valence-corrected chi connectivity index (χ2v) is 3.80. The maximum absolute atomic E-state index is 14.1. The van der Waals surface area contributed by atoms with Crippen molar-refractivity contribution in [1.82, 2.24) is 0 Å². The number of carbonyl (C=O) groups excluding carboxylic acids is 1. The van der Waals surface area contributed by atoms with Gasteiger partial charge in [0.25, 0.3) is 0 Å². The number of benzene rings is 2. The van der Waals surface area contributed by atoms with Gasteiger partial charge in [-0.05, 0) is 24.4 Å². The summed E-state index contributed by atoms with van der Waals surface area (Å²) >= 11 is 0. The summed E-state index contributed by atoms with van der Waals surface area (Å²) in [6.45, 7) is 1.82. The number of hydrogen-bond donors (Lipinski definition) is 1. The number of esters is 1. The van der Waals surface area contributed by atoms with E-state index in [1.165, 1.54) is 6.07 Å². The number of rotatable bonds is 1. The fourth-order valence-corrected chi connectivity index (χ4v) is 1.75. The van der Waals surface area contributed by atoms with Crippen LogP contribution in [0, 0.1) is 12.7 Å². The van der Waals surface area contributed by atoms with Crippen molar-refractivity contribution in [3.63, 3.8) is 0 Å². The van der Waals surface area contributed by atoms with E-state index in [0.29, 0.717) is 10.8 Å². The van der Waals surface area contributed by atoms with Crippen molar-refractivity contribution in [2.75, 3.05) is 7.11 Å². The molecule has 0 bridgehead atoms. The first kappa shape index (κ1) is 11.4. The van der Waals surface area contributed by atoms with Crippen LogP contribution in [0.2, 0.25) is 0 Å². The first-order chi connectivity index (χ1) is 8.04. The monoisotopic (exact) mass is 234 g/mol. The molecule has 0 saturated carbocycles. The lowest BCUT2D eigenvalue weighted by Crippen LogP contribution is -2.05. The number of methoxy groups -OCH3 is 1. The summed E-state index contributed by atoms with van der Waals surface area (Å²) in [5, 5.41) is 10.5. The van der Waals surface area contributed by atoms with Crippen LogP contribution < -0.4 is 0 Å². The molecule has 0 saturated heterocycles. The van der Waals surface area contributed by atoms with Crippen LogP contribution in [0.3, 0.4) is 0 Å². The molecule has 0 radical (unpaired) electrons. The van der Waals surface area contributed by atoms with Gasteiger partial charge in [0, 0.05) is 5.39 Å². The number of aromatic hydroxyl groups is 1. The molecule has 0 heterocycles. The molecule has 0 amide bonds. The van der Waals surface area contributed by atoms with E-state index >= 15 is 0 Å². The van der Waals surface area contributed by atoms with Gasteiger partial charge in [-0.1, -0.05) is 17.7 Å². The molecule has 2 aromatic carbocycles. The van der Waals surface area contributed by atoms with Gasteiger partial charge in [-0.3, -0.25) is 0 Å². The number of aryl methyl sites for hydroxylation is 1. The molecule has 3 nitrogen and oxygen atoms in total. The largest absolute Gasteiger partial charge is 0.507 e. The van der Waals surface area contributed by atoms with Crippen LogP contribution in [0.4, 0.5) is 4.39 Å². The van der Waals surface area contributed by atoms with Gasteiger partial charge in [-0.25, -0.2) is 9.18 Å². The normalized spacial score (nSPS) is 10.5. The molecular weight excluding hydrogens is 223 g/mol. The Balaban J connectivity index is 2.82. The Morgan fingerprint density at radius 1 is 1.35 bits per heavy atom. The topological polar surface area (TPSA) is 46.5 Å². The Kier molecular flexibility index (Phi) is 2.71. The summed E-state index contributed by atoms with van der Waals surface area (Å²) in [7, 11) is 1.14. The lowest BCUT2D eigenvalue weighted by Gasteiger charge is -2.08. The molecule has 0 fully saturated rings. The molecule has 1 N–H and O–H groups in total. The van der Waals surface area contributed by atoms with Crippen molar-refractivity contribution in [3.8, 4) is 5.75 Å². The van der Waals surface area contributed by atoms with Crippen LogP contribution in [-0.2, 0) is 4.74 Å². The van der Waals surface area contributed by atoms with Crippen molar-refractivity contribution in [1.29, 1.82) is 0 Å². The van der Waals surface area contributed by atoms with Crippen LogP contribution in [0.1, 0.15) is 15.9 Å². The van der Waals surface area contributed by atoms with E-state index in [1.807, 2.05) is 6.92 Å². The minimum absolute atomic E-state index is 0.295. The van der Waals surface area contributed by atoms with Gasteiger partial charge in [0.05, 0.1) is 7.11 Å². The van der Waals surface area contributed by atoms with Gasteiger partial charge >= 0.3 is 5.97 Å². The molecular formula is C13H11FO3. The second-order valence-electron chi connectivity index (χ2n) is 3.80. The lowest BCUT2D eigenvalue weighted by molar-refractivity contribution is 0.0592. The van der Waals surface area contributed by atoms with Crippen LogP contribution in [-0.4, -0.2) is 18.2 Å². The van der Waals surface area contributed by atoms with E-state index in [2.05, 4.69) is 4.74 Å². The average molecular weight is 234 g/mol. The molecule has 0 aliphatic carbocycles. The number of hydrogen-bond acceptors (Lipinski definition) is 3. The van der Waals surface area contributed by atoms with Gasteiger partial charge < -0.3 is 9.84 Å². The van der Waals surface area contributed by atoms with Crippen molar-refractivity contribution in [2.24, 2.45) is 0 Å². The smallest absolute Gasteiger partial charge is 0.344 e. The third kappa shape index (κ3) is 1.82. The second kappa shape index (κ2) is 4.05. The van der Waals surface area contributed by atoms with Gasteiger partial charge in [0.1, 0.15) is 17.1 Å². The molecule has 4 heteroatoms. The van der Waals surface area contributed by atoms with Crippen molar-refractivity contribution in [3.05, 3.63) is 41.2 Å². The van der Waals surface area contributed by atoms with E-state index in [0.717, 1.165) is 12.7 Å². The Hall–Kier alpha value is -2.10. The summed E-state index contributed by atoms with van der Waals surface area (Å²) in [5.41, 5.74) is 0.448. The van der Waals surface area contributed by atoms with Crippen molar-refractivity contribution >= 4 is 16.7 Å². The molecule has 2 aromatic rings. The number of phenols is 1. The van der Waals surface area contributed by atoms with Crippen molar-refractivity contribution < 1.29 is 19.0 Å².